The van der Waals surface area contributed by atoms with E-state index in [1.54, 1.807) is 48.8 Å². The molecule has 6 N–H and O–H groups in total. The van der Waals surface area contributed by atoms with Crippen molar-refractivity contribution >= 4 is 79.4 Å². The number of aromatic carboxylic acids is 4. The number of hydrogen-bond donors (Lipinski definition) is 6. The van der Waals surface area contributed by atoms with Gasteiger partial charge in [-0.15, -0.1) is 18.2 Å². The van der Waals surface area contributed by atoms with Gasteiger partial charge >= 0.3 is 76.2 Å². The van der Waals surface area contributed by atoms with E-state index >= 15 is 0 Å². The molecule has 0 fully saturated rings. The second kappa shape index (κ2) is 37.8. The monoisotopic (exact) mass is 1360 g/mol. The van der Waals surface area contributed by atoms with Gasteiger partial charge < -0.3 is 60.9 Å². The zero-order chi connectivity index (χ0) is 59.9. The van der Waals surface area contributed by atoms with Gasteiger partial charge in [0, 0.05) is 54.6 Å². The van der Waals surface area contributed by atoms with Crippen LogP contribution in [-0.2, 0) is 68.8 Å². The van der Waals surface area contributed by atoms with E-state index in [0.29, 0.717) is 45.3 Å². The number of benzene rings is 1. The van der Waals surface area contributed by atoms with Crippen LogP contribution < -0.4 is 9.87 Å². The largest absolute Gasteiger partial charge is 2.00 e. The molecule has 0 saturated heterocycles. The Morgan fingerprint density at radius 3 is 1.11 bits per heavy atom. The van der Waals surface area contributed by atoms with Crippen LogP contribution in [0.4, 0.5) is 0 Å². The third-order valence-electron chi connectivity index (χ3n) is 9.79. The van der Waals surface area contributed by atoms with Crippen LogP contribution >= 0.6 is 19.8 Å². The van der Waals surface area contributed by atoms with Gasteiger partial charge in [0.25, 0.3) is 0 Å². The van der Waals surface area contributed by atoms with Crippen LogP contribution in [0.2, 0.25) is 0 Å². The van der Waals surface area contributed by atoms with Gasteiger partial charge in [0.2, 0.25) is 0 Å². The third kappa shape index (κ3) is 25.1. The zero-order valence-corrected chi connectivity index (χ0v) is 49.6. The molecule has 83 heavy (non-hydrogen) atoms. The molecule has 420 valence electrons. The zero-order valence-electron chi connectivity index (χ0n) is 42.8. The molecule has 9 aromatic rings. The topological polar surface area (TPSA) is 371 Å². The molecular formula is C55H41N11O11PRu2S3+. The van der Waals surface area contributed by atoms with Crippen LogP contribution in [0.1, 0.15) is 52.6 Å². The first-order valence-electron chi connectivity index (χ1n) is 22.4. The molecule has 1 aromatic carbocycles. The molecule has 22 nitrogen and oxygen atoms in total. The molecule has 0 saturated carbocycles. The van der Waals surface area contributed by atoms with E-state index < -0.39 is 31.5 Å². The molecule has 0 radical (unpaired) electrons. The molecule has 0 unspecified atom stereocenters. The van der Waals surface area contributed by atoms with Crippen LogP contribution in [0.3, 0.4) is 0 Å². The van der Waals surface area contributed by atoms with Crippen molar-refractivity contribution in [1.29, 1.82) is 10.5 Å². The SMILES string of the molecule is Cc1cc[n+](-c2cc(C)ccn2)cc1.N#C[S-].N#C[S-].O=C(O)c1ccnc(-c2cc(C(=O)O)ccn2)c1.O=C(O)c1ccnc(-c2cc(C(=O)O)ccn2)c1.O=P(O)(O)c1cc(-c2ccccn2)[c-]c(-c2ccccn2)c1.[N-]=C=S.[Ru+2].[Ru+2]. The van der Waals surface area contributed by atoms with E-state index in [1.165, 1.54) is 113 Å². The number of thiocyanates is 2. The summed E-state index contributed by atoms with van der Waals surface area (Å²) < 4.78 is 13.7. The van der Waals surface area contributed by atoms with Crippen molar-refractivity contribution in [1.82, 2.24) is 34.9 Å². The number of aryl methyl sites for hydroxylation is 2. The molecule has 0 aliphatic rings. The smallest absolute Gasteiger partial charge is 0.753 e. The number of carbonyl (C=O) groups is 4. The summed E-state index contributed by atoms with van der Waals surface area (Å²) in [6, 6.07) is 35.6. The number of isothiocyanates is 1. The first-order valence-corrected chi connectivity index (χ1v) is 25.2. The molecular weight excluding hydrogens is 1320 g/mol. The van der Waals surface area contributed by atoms with Crippen molar-refractivity contribution in [2.75, 3.05) is 0 Å². The van der Waals surface area contributed by atoms with Crippen LogP contribution in [0.5, 0.6) is 0 Å². The van der Waals surface area contributed by atoms with Crippen molar-refractivity contribution < 1.29 is 97.5 Å². The van der Waals surface area contributed by atoms with Gasteiger partial charge in [-0.3, -0.25) is 34.5 Å². The van der Waals surface area contributed by atoms with Gasteiger partial charge in [0.15, 0.2) is 0 Å². The fraction of sp³-hybridized carbons (Fsp3) is 0.0364. The number of hydrogen-bond acceptors (Lipinski definition) is 17. The van der Waals surface area contributed by atoms with Gasteiger partial charge in [-0.25, -0.2) is 34.3 Å². The molecule has 28 heteroatoms. The Kier molecular flexibility index (Phi) is 32.7. The molecule has 0 amide bonds. The Balaban J connectivity index is 0.000000527. The molecule has 0 bridgehead atoms. The summed E-state index contributed by atoms with van der Waals surface area (Å²) in [6.45, 7) is 4.15. The molecule has 8 aromatic heterocycles. The van der Waals surface area contributed by atoms with Crippen molar-refractivity contribution in [2.24, 2.45) is 0 Å². The maximum atomic E-state index is 11.6. The Labute approximate surface area is 516 Å². The van der Waals surface area contributed by atoms with Gasteiger partial charge in [0.1, 0.15) is 6.20 Å². The third-order valence-corrected chi connectivity index (χ3v) is 10.7. The number of carboxylic acids is 4. The molecule has 0 spiro atoms. The van der Waals surface area contributed by atoms with E-state index in [-0.39, 0.29) is 66.5 Å². The summed E-state index contributed by atoms with van der Waals surface area (Å²) in [7, 11) is -4.39. The number of aromatic nitrogens is 8. The fourth-order valence-corrected chi connectivity index (χ4v) is 6.77. The minimum atomic E-state index is -4.39. The number of thiocarbonyl (C=S) groups is 1. The number of carboxylic acid groups (broad SMARTS) is 4. The Bertz CT molecular complexity index is 3470. The van der Waals surface area contributed by atoms with Gasteiger partial charge in [-0.05, 0) is 114 Å². The van der Waals surface area contributed by atoms with E-state index in [4.69, 9.17) is 36.4 Å². The van der Waals surface area contributed by atoms with Crippen molar-refractivity contribution in [3.63, 3.8) is 0 Å². The van der Waals surface area contributed by atoms with Crippen molar-refractivity contribution in [3.05, 3.63) is 222 Å². The number of nitriles is 2. The Morgan fingerprint density at radius 1 is 0.518 bits per heavy atom. The second-order valence-electron chi connectivity index (χ2n) is 15.3. The maximum absolute atomic E-state index is 11.6. The van der Waals surface area contributed by atoms with Crippen LogP contribution in [0.15, 0.2) is 177 Å². The maximum Gasteiger partial charge on any atom is 2.00 e. The average Bonchev–Trinajstić information content (AvgIpc) is 3.58. The summed E-state index contributed by atoms with van der Waals surface area (Å²) >= 11 is 11.1. The van der Waals surface area contributed by atoms with E-state index in [9.17, 15) is 33.5 Å². The Hall–Kier alpha value is -9.08. The normalized spacial score (nSPS) is 9.33. The Morgan fingerprint density at radius 2 is 0.831 bits per heavy atom. The summed E-state index contributed by atoms with van der Waals surface area (Å²) in [5.41, 5.74) is 6.26. The van der Waals surface area contributed by atoms with E-state index in [2.05, 4.69) is 110 Å². The predicted octanol–water partition coefficient (Wildman–Crippen LogP) is 8.15. The summed E-state index contributed by atoms with van der Waals surface area (Å²) in [5.74, 6) is -3.34. The van der Waals surface area contributed by atoms with Crippen molar-refractivity contribution in [2.45, 2.75) is 13.8 Å². The predicted molar refractivity (Wildman–Crippen MR) is 303 cm³/mol. The quantitative estimate of drug-likeness (QED) is 0.0110. The molecule has 8 heterocycles. The molecule has 0 aliphatic heterocycles. The summed E-state index contributed by atoms with van der Waals surface area (Å²) in [6.07, 6.45) is 14.5. The summed E-state index contributed by atoms with van der Waals surface area (Å²) in [4.78, 5) is 90.8. The van der Waals surface area contributed by atoms with E-state index in [1.807, 2.05) is 29.2 Å². The first kappa shape index (κ1) is 71.9. The molecule has 0 aliphatic carbocycles. The number of nitrogens with zero attached hydrogens (tertiary/aromatic N) is 11. The molecule has 9 rings (SSSR count). The minimum Gasteiger partial charge on any atom is -0.753 e. The van der Waals surface area contributed by atoms with E-state index in [0.717, 1.165) is 5.82 Å². The summed E-state index contributed by atoms with van der Waals surface area (Å²) in [5, 5.41) is 60.8. The van der Waals surface area contributed by atoms with Gasteiger partial charge in [-0.1, -0.05) is 58.4 Å². The average molecular weight is 1360 g/mol. The van der Waals surface area contributed by atoms with Crippen LogP contribution in [0, 0.1) is 41.2 Å². The van der Waals surface area contributed by atoms with Crippen LogP contribution in [0.25, 0.3) is 56.5 Å². The first-order chi connectivity index (χ1) is 38.7. The fourth-order valence-electron chi connectivity index (χ4n) is 6.17. The minimum absolute atomic E-state index is 0. The number of rotatable bonds is 10. The van der Waals surface area contributed by atoms with Gasteiger partial charge in [-0.2, -0.15) is 5.16 Å². The van der Waals surface area contributed by atoms with Crippen molar-refractivity contribution in [3.8, 4) is 61.9 Å². The van der Waals surface area contributed by atoms with Gasteiger partial charge in [0.05, 0.1) is 57.4 Å². The second-order valence-corrected chi connectivity index (χ2v) is 17.5. The number of pyridine rings is 8. The standard InChI is InChI=1S/C16H12N2O3P.2C12H8N2O4.C12H13N2.2CHNS.CNS.2Ru/c19-22(20,21)14-10-12(15-5-1-3-7-17-15)9-13(11-14)16-6-2-4-8-18-16;2*15-11(16)7-1-3-13-9(5-7)10-6-8(12(17)18)2-4-14-10;1-10-4-7-14(8-5-10)12-9-11(2)3-6-13-12;3*2-1-3;;/h1-8,10-11H,(H2,19,20,21);2*1-6H,(H,15,16)(H,17,18);3-9H,1-2H3;2*3H;;;/q-1;;;+1;;;-1;2*+2/p-2. The molecule has 0 atom stereocenters. The van der Waals surface area contributed by atoms with Crippen LogP contribution in [-0.4, -0.2) is 94.1 Å².